The molecule has 1 aliphatic rings. The Kier molecular flexibility index (Phi) is 4.89. The van der Waals surface area contributed by atoms with Crippen molar-refractivity contribution >= 4 is 0 Å². The molecule has 15 heavy (non-hydrogen) atoms. The third-order valence-corrected chi connectivity index (χ3v) is 2.21. The zero-order chi connectivity index (χ0) is 11.1. The van der Waals surface area contributed by atoms with E-state index in [9.17, 15) is 0 Å². The molecule has 0 aromatic rings. The SMILES string of the molecule is CC(C)(C)NCC/C=C/C1=CCCCO1. The van der Waals surface area contributed by atoms with Crippen LogP contribution in [0.3, 0.4) is 0 Å². The Hall–Kier alpha value is -0.760. The molecule has 1 aliphatic heterocycles. The van der Waals surface area contributed by atoms with Crippen molar-refractivity contribution in [2.45, 2.75) is 45.6 Å². The molecule has 0 unspecified atom stereocenters. The van der Waals surface area contributed by atoms with Crippen LogP contribution in [0.5, 0.6) is 0 Å². The zero-order valence-electron chi connectivity index (χ0n) is 10.2. The van der Waals surface area contributed by atoms with Gasteiger partial charge in [-0.3, -0.25) is 0 Å². The van der Waals surface area contributed by atoms with E-state index in [-0.39, 0.29) is 5.54 Å². The first-order chi connectivity index (χ1) is 7.08. The van der Waals surface area contributed by atoms with Crippen LogP contribution in [0.2, 0.25) is 0 Å². The molecule has 0 atom stereocenters. The summed E-state index contributed by atoms with van der Waals surface area (Å²) in [6, 6.07) is 0. The van der Waals surface area contributed by atoms with E-state index in [4.69, 9.17) is 4.74 Å². The molecule has 0 fully saturated rings. The fourth-order valence-electron chi connectivity index (χ4n) is 1.42. The molecule has 86 valence electrons. The molecule has 0 aromatic carbocycles. The zero-order valence-corrected chi connectivity index (χ0v) is 10.2. The third kappa shape index (κ3) is 6.34. The van der Waals surface area contributed by atoms with Gasteiger partial charge in [0, 0.05) is 5.54 Å². The van der Waals surface area contributed by atoms with Gasteiger partial charge in [-0.15, -0.1) is 0 Å². The Morgan fingerprint density at radius 1 is 1.47 bits per heavy atom. The first-order valence-electron chi connectivity index (χ1n) is 5.82. The van der Waals surface area contributed by atoms with Gasteiger partial charge in [0.05, 0.1) is 6.61 Å². The van der Waals surface area contributed by atoms with Gasteiger partial charge in [0.1, 0.15) is 5.76 Å². The van der Waals surface area contributed by atoms with Crippen LogP contribution in [-0.4, -0.2) is 18.7 Å². The van der Waals surface area contributed by atoms with E-state index in [1.807, 2.05) is 0 Å². The molecule has 1 heterocycles. The van der Waals surface area contributed by atoms with E-state index < -0.39 is 0 Å². The number of hydrogen-bond acceptors (Lipinski definition) is 2. The second-order valence-electron chi connectivity index (χ2n) is 4.97. The van der Waals surface area contributed by atoms with E-state index in [1.165, 1.54) is 0 Å². The molecule has 0 radical (unpaired) electrons. The Labute approximate surface area is 93.4 Å². The average Bonchev–Trinajstić information content (AvgIpc) is 2.17. The largest absolute Gasteiger partial charge is 0.494 e. The summed E-state index contributed by atoms with van der Waals surface area (Å²) in [4.78, 5) is 0. The summed E-state index contributed by atoms with van der Waals surface area (Å²) in [6.45, 7) is 8.44. The summed E-state index contributed by atoms with van der Waals surface area (Å²) >= 11 is 0. The highest BCUT2D eigenvalue weighted by atomic mass is 16.5. The van der Waals surface area contributed by atoms with Gasteiger partial charge in [-0.2, -0.15) is 0 Å². The third-order valence-electron chi connectivity index (χ3n) is 2.21. The van der Waals surface area contributed by atoms with Crippen LogP contribution < -0.4 is 5.32 Å². The molecule has 0 spiro atoms. The summed E-state index contributed by atoms with van der Waals surface area (Å²) in [6.07, 6.45) is 9.79. The highest BCUT2D eigenvalue weighted by Crippen LogP contribution is 2.10. The maximum Gasteiger partial charge on any atom is 0.114 e. The lowest BCUT2D eigenvalue weighted by Gasteiger charge is -2.19. The second-order valence-corrected chi connectivity index (χ2v) is 4.97. The van der Waals surface area contributed by atoms with Crippen LogP contribution in [0.4, 0.5) is 0 Å². The Bertz CT molecular complexity index is 235. The van der Waals surface area contributed by atoms with Crippen LogP contribution in [0.1, 0.15) is 40.0 Å². The molecule has 1 N–H and O–H groups in total. The summed E-state index contributed by atoms with van der Waals surface area (Å²) in [5, 5.41) is 3.45. The Morgan fingerprint density at radius 2 is 2.27 bits per heavy atom. The predicted molar refractivity (Wildman–Crippen MR) is 64.8 cm³/mol. The van der Waals surface area contributed by atoms with Crippen molar-refractivity contribution < 1.29 is 4.74 Å². The van der Waals surface area contributed by atoms with Crippen LogP contribution in [0.15, 0.2) is 24.0 Å². The van der Waals surface area contributed by atoms with Gasteiger partial charge in [0.2, 0.25) is 0 Å². The number of nitrogens with one attached hydrogen (secondary N) is 1. The second kappa shape index (κ2) is 5.96. The maximum atomic E-state index is 5.48. The number of rotatable bonds is 4. The summed E-state index contributed by atoms with van der Waals surface area (Å²) in [5.41, 5.74) is 0.217. The first-order valence-corrected chi connectivity index (χ1v) is 5.82. The summed E-state index contributed by atoms with van der Waals surface area (Å²) in [5.74, 6) is 1.04. The van der Waals surface area contributed by atoms with Gasteiger partial charge in [0.15, 0.2) is 0 Å². The standard InChI is InChI=1S/C13H23NO/c1-13(2,3)14-10-6-4-8-12-9-5-7-11-15-12/h4,8-9,14H,5-7,10-11H2,1-3H3/b8-4+. The highest BCUT2D eigenvalue weighted by molar-refractivity contribution is 5.13. The first kappa shape index (κ1) is 12.3. The minimum atomic E-state index is 0.217. The van der Waals surface area contributed by atoms with Crippen molar-refractivity contribution in [3.63, 3.8) is 0 Å². The van der Waals surface area contributed by atoms with Crippen LogP contribution in [-0.2, 0) is 4.74 Å². The molecule has 1 rings (SSSR count). The van der Waals surface area contributed by atoms with Crippen LogP contribution in [0.25, 0.3) is 0 Å². The Morgan fingerprint density at radius 3 is 2.87 bits per heavy atom. The van der Waals surface area contributed by atoms with Gasteiger partial charge >= 0.3 is 0 Å². The fraction of sp³-hybridized carbons (Fsp3) is 0.692. The molecule has 2 nitrogen and oxygen atoms in total. The minimum Gasteiger partial charge on any atom is -0.494 e. The molecule has 0 amide bonds. The molecular formula is C13H23NO. The normalized spacial score (nSPS) is 17.7. The molecule has 0 saturated carbocycles. The molecule has 2 heteroatoms. The molecule has 0 bridgehead atoms. The van der Waals surface area contributed by atoms with Crippen molar-refractivity contribution in [2.24, 2.45) is 0 Å². The molecule has 0 aliphatic carbocycles. The topological polar surface area (TPSA) is 21.3 Å². The van der Waals surface area contributed by atoms with Crippen molar-refractivity contribution in [1.82, 2.24) is 5.32 Å². The maximum absolute atomic E-state index is 5.48. The lowest BCUT2D eigenvalue weighted by Crippen LogP contribution is -2.36. The van der Waals surface area contributed by atoms with E-state index >= 15 is 0 Å². The summed E-state index contributed by atoms with van der Waals surface area (Å²) < 4.78 is 5.48. The average molecular weight is 209 g/mol. The van der Waals surface area contributed by atoms with Gasteiger partial charge in [-0.25, -0.2) is 0 Å². The smallest absolute Gasteiger partial charge is 0.114 e. The number of hydrogen-bond donors (Lipinski definition) is 1. The van der Waals surface area contributed by atoms with Crippen molar-refractivity contribution in [3.8, 4) is 0 Å². The van der Waals surface area contributed by atoms with Crippen molar-refractivity contribution in [2.75, 3.05) is 13.2 Å². The minimum absolute atomic E-state index is 0.217. The summed E-state index contributed by atoms with van der Waals surface area (Å²) in [7, 11) is 0. The highest BCUT2D eigenvalue weighted by Gasteiger charge is 2.06. The van der Waals surface area contributed by atoms with Gasteiger partial charge in [-0.05, 0) is 58.7 Å². The van der Waals surface area contributed by atoms with Crippen LogP contribution >= 0.6 is 0 Å². The predicted octanol–water partition coefficient (Wildman–Crippen LogP) is 3.02. The lowest BCUT2D eigenvalue weighted by atomic mass is 10.1. The molecule has 0 saturated heterocycles. The lowest BCUT2D eigenvalue weighted by molar-refractivity contribution is 0.206. The molecule has 0 aromatic heterocycles. The Balaban J connectivity index is 2.14. The van der Waals surface area contributed by atoms with Crippen molar-refractivity contribution in [3.05, 3.63) is 24.0 Å². The fourth-order valence-corrected chi connectivity index (χ4v) is 1.42. The molecular weight excluding hydrogens is 186 g/mol. The van der Waals surface area contributed by atoms with E-state index in [0.29, 0.717) is 0 Å². The number of allylic oxidation sites excluding steroid dienone is 2. The van der Waals surface area contributed by atoms with E-state index in [0.717, 1.165) is 38.2 Å². The van der Waals surface area contributed by atoms with Crippen molar-refractivity contribution in [1.29, 1.82) is 0 Å². The van der Waals surface area contributed by atoms with Gasteiger partial charge < -0.3 is 10.1 Å². The van der Waals surface area contributed by atoms with Gasteiger partial charge in [-0.1, -0.05) is 6.08 Å². The van der Waals surface area contributed by atoms with Crippen LogP contribution in [0, 0.1) is 0 Å². The number of ether oxygens (including phenoxy) is 1. The quantitative estimate of drug-likeness (QED) is 0.719. The van der Waals surface area contributed by atoms with E-state index in [1.54, 1.807) is 0 Å². The monoisotopic (exact) mass is 209 g/mol. The van der Waals surface area contributed by atoms with E-state index in [2.05, 4.69) is 44.3 Å². The van der Waals surface area contributed by atoms with Gasteiger partial charge in [0.25, 0.3) is 0 Å².